The summed E-state index contributed by atoms with van der Waals surface area (Å²) in [6.07, 6.45) is 0. The summed E-state index contributed by atoms with van der Waals surface area (Å²) in [5, 5.41) is 4.26. The molecular weight excluding hydrogens is 246 g/mol. The Labute approximate surface area is 113 Å². The third-order valence-electron chi connectivity index (χ3n) is 3.19. The molecule has 0 radical (unpaired) electrons. The number of rotatable bonds is 3. The van der Waals surface area contributed by atoms with Crippen LogP contribution < -0.4 is 5.32 Å². The Morgan fingerprint density at radius 1 is 1.22 bits per heavy atom. The first kappa shape index (κ1) is 13.0. The van der Waals surface area contributed by atoms with Crippen LogP contribution in [-0.2, 0) is 0 Å². The van der Waals surface area contributed by atoms with Gasteiger partial charge in [-0.1, -0.05) is 17.7 Å². The fourth-order valence-electron chi connectivity index (χ4n) is 2.16. The summed E-state index contributed by atoms with van der Waals surface area (Å²) in [5.74, 6) is 1.91. The molecule has 18 heavy (non-hydrogen) atoms. The Morgan fingerprint density at radius 3 is 2.56 bits per heavy atom. The van der Waals surface area contributed by atoms with Crippen molar-refractivity contribution in [2.24, 2.45) is 0 Å². The van der Waals surface area contributed by atoms with Crippen LogP contribution >= 0.6 is 11.6 Å². The highest BCUT2D eigenvalue weighted by Gasteiger charge is 2.13. The standard InChI is InChI=1S/C15H18ClNO/c1-9-8-13(12(4)18-9)11(3)17-15-7-5-6-14(16)10(15)2/h5-8,11,17H,1-4H3. The van der Waals surface area contributed by atoms with Gasteiger partial charge < -0.3 is 9.73 Å². The second kappa shape index (κ2) is 5.07. The van der Waals surface area contributed by atoms with E-state index in [0.29, 0.717) is 0 Å². The highest BCUT2D eigenvalue weighted by atomic mass is 35.5. The number of aryl methyl sites for hydroxylation is 2. The van der Waals surface area contributed by atoms with E-state index in [4.69, 9.17) is 16.0 Å². The molecule has 2 aromatic rings. The summed E-state index contributed by atoms with van der Waals surface area (Å²) in [4.78, 5) is 0. The molecule has 1 aromatic carbocycles. The molecule has 0 aliphatic rings. The second-order valence-electron chi connectivity index (χ2n) is 4.65. The zero-order valence-corrected chi connectivity index (χ0v) is 11.9. The summed E-state index contributed by atoms with van der Waals surface area (Å²) in [6, 6.07) is 8.17. The number of anilines is 1. The molecular formula is C15H18ClNO. The Morgan fingerprint density at radius 2 is 1.94 bits per heavy atom. The smallest absolute Gasteiger partial charge is 0.106 e. The minimum Gasteiger partial charge on any atom is -0.466 e. The van der Waals surface area contributed by atoms with Crippen LogP contribution in [0.5, 0.6) is 0 Å². The maximum atomic E-state index is 6.12. The second-order valence-corrected chi connectivity index (χ2v) is 5.05. The SMILES string of the molecule is Cc1cc(C(C)Nc2cccc(Cl)c2C)c(C)o1. The van der Waals surface area contributed by atoms with Gasteiger partial charge in [0.1, 0.15) is 11.5 Å². The molecule has 0 amide bonds. The van der Waals surface area contributed by atoms with E-state index in [-0.39, 0.29) is 6.04 Å². The Bertz CT molecular complexity index is 560. The lowest BCUT2D eigenvalue weighted by molar-refractivity contribution is 0.500. The van der Waals surface area contributed by atoms with Crippen LogP contribution in [0.3, 0.4) is 0 Å². The van der Waals surface area contributed by atoms with Crippen LogP contribution in [0.4, 0.5) is 5.69 Å². The van der Waals surface area contributed by atoms with Crippen molar-refractivity contribution in [2.75, 3.05) is 5.32 Å². The first-order valence-corrected chi connectivity index (χ1v) is 6.45. The van der Waals surface area contributed by atoms with Crippen LogP contribution in [0.1, 0.15) is 35.6 Å². The Kier molecular flexibility index (Phi) is 3.67. The molecule has 0 spiro atoms. The fraction of sp³-hybridized carbons (Fsp3) is 0.333. The third-order valence-corrected chi connectivity index (χ3v) is 3.60. The number of benzene rings is 1. The molecule has 2 rings (SSSR count). The van der Waals surface area contributed by atoms with Gasteiger partial charge in [-0.3, -0.25) is 0 Å². The highest BCUT2D eigenvalue weighted by molar-refractivity contribution is 6.31. The molecule has 1 N–H and O–H groups in total. The van der Waals surface area contributed by atoms with Crippen molar-refractivity contribution in [2.45, 2.75) is 33.7 Å². The summed E-state index contributed by atoms with van der Waals surface area (Å²) >= 11 is 6.12. The van der Waals surface area contributed by atoms with E-state index >= 15 is 0 Å². The van der Waals surface area contributed by atoms with Gasteiger partial charge in [0, 0.05) is 16.3 Å². The topological polar surface area (TPSA) is 25.2 Å². The van der Waals surface area contributed by atoms with E-state index in [2.05, 4.69) is 18.3 Å². The van der Waals surface area contributed by atoms with Crippen molar-refractivity contribution in [3.05, 3.63) is 51.9 Å². The molecule has 0 fully saturated rings. The maximum absolute atomic E-state index is 6.12. The number of hydrogen-bond donors (Lipinski definition) is 1. The van der Waals surface area contributed by atoms with Gasteiger partial charge in [0.2, 0.25) is 0 Å². The molecule has 0 aliphatic carbocycles. The molecule has 0 bridgehead atoms. The summed E-state index contributed by atoms with van der Waals surface area (Å²) < 4.78 is 5.56. The van der Waals surface area contributed by atoms with Gasteiger partial charge in [-0.25, -0.2) is 0 Å². The number of nitrogens with one attached hydrogen (secondary N) is 1. The molecule has 1 aromatic heterocycles. The lowest BCUT2D eigenvalue weighted by Crippen LogP contribution is -2.08. The molecule has 3 heteroatoms. The van der Waals surface area contributed by atoms with E-state index < -0.39 is 0 Å². The number of hydrogen-bond acceptors (Lipinski definition) is 2. The molecule has 2 nitrogen and oxygen atoms in total. The van der Waals surface area contributed by atoms with Gasteiger partial charge >= 0.3 is 0 Å². The minimum absolute atomic E-state index is 0.194. The average molecular weight is 264 g/mol. The van der Waals surface area contributed by atoms with Crippen molar-refractivity contribution in [1.29, 1.82) is 0 Å². The van der Waals surface area contributed by atoms with Crippen LogP contribution in [0.15, 0.2) is 28.7 Å². The van der Waals surface area contributed by atoms with Gasteiger partial charge in [-0.05, 0) is 51.5 Å². The Balaban J connectivity index is 2.24. The quantitative estimate of drug-likeness (QED) is 0.840. The predicted molar refractivity (Wildman–Crippen MR) is 76.4 cm³/mol. The van der Waals surface area contributed by atoms with E-state index in [1.54, 1.807) is 0 Å². The van der Waals surface area contributed by atoms with Gasteiger partial charge in [-0.15, -0.1) is 0 Å². The van der Waals surface area contributed by atoms with Crippen molar-refractivity contribution in [1.82, 2.24) is 0 Å². The monoisotopic (exact) mass is 263 g/mol. The van der Waals surface area contributed by atoms with Gasteiger partial charge in [0.15, 0.2) is 0 Å². The number of halogens is 1. The molecule has 1 heterocycles. The van der Waals surface area contributed by atoms with Crippen LogP contribution in [0, 0.1) is 20.8 Å². The van der Waals surface area contributed by atoms with E-state index in [1.165, 1.54) is 5.56 Å². The van der Waals surface area contributed by atoms with Crippen LogP contribution in [0.25, 0.3) is 0 Å². The van der Waals surface area contributed by atoms with Crippen molar-refractivity contribution in [3.63, 3.8) is 0 Å². The minimum atomic E-state index is 0.194. The highest BCUT2D eigenvalue weighted by Crippen LogP contribution is 2.29. The molecule has 0 saturated heterocycles. The summed E-state index contributed by atoms with van der Waals surface area (Å²) in [6.45, 7) is 8.10. The van der Waals surface area contributed by atoms with E-state index in [9.17, 15) is 0 Å². The lowest BCUT2D eigenvalue weighted by Gasteiger charge is -2.17. The van der Waals surface area contributed by atoms with Gasteiger partial charge in [-0.2, -0.15) is 0 Å². The number of furan rings is 1. The Hall–Kier alpha value is -1.41. The lowest BCUT2D eigenvalue weighted by atomic mass is 10.1. The summed E-state index contributed by atoms with van der Waals surface area (Å²) in [5.41, 5.74) is 3.32. The zero-order chi connectivity index (χ0) is 13.3. The first-order valence-electron chi connectivity index (χ1n) is 6.07. The summed E-state index contributed by atoms with van der Waals surface area (Å²) in [7, 11) is 0. The third kappa shape index (κ3) is 2.54. The van der Waals surface area contributed by atoms with Crippen molar-refractivity contribution >= 4 is 17.3 Å². The first-order chi connectivity index (χ1) is 8.49. The maximum Gasteiger partial charge on any atom is 0.106 e. The molecule has 1 atom stereocenters. The zero-order valence-electron chi connectivity index (χ0n) is 11.2. The van der Waals surface area contributed by atoms with Crippen LogP contribution in [-0.4, -0.2) is 0 Å². The molecule has 96 valence electrons. The van der Waals surface area contributed by atoms with Crippen LogP contribution in [0.2, 0.25) is 5.02 Å². The van der Waals surface area contributed by atoms with Crippen molar-refractivity contribution in [3.8, 4) is 0 Å². The van der Waals surface area contributed by atoms with Gasteiger partial charge in [0.05, 0.1) is 6.04 Å². The van der Waals surface area contributed by atoms with Crippen molar-refractivity contribution < 1.29 is 4.42 Å². The van der Waals surface area contributed by atoms with E-state index in [0.717, 1.165) is 27.8 Å². The van der Waals surface area contributed by atoms with Gasteiger partial charge in [0.25, 0.3) is 0 Å². The average Bonchev–Trinajstić information content (AvgIpc) is 2.64. The van der Waals surface area contributed by atoms with E-state index in [1.807, 2.05) is 39.0 Å². The molecule has 0 saturated carbocycles. The normalized spacial score (nSPS) is 12.5. The molecule has 0 aliphatic heterocycles. The fourth-order valence-corrected chi connectivity index (χ4v) is 2.33. The molecule has 1 unspecified atom stereocenters. The largest absolute Gasteiger partial charge is 0.466 e. The predicted octanol–water partition coefficient (Wildman–Crippen LogP) is 5.03.